The summed E-state index contributed by atoms with van der Waals surface area (Å²) in [7, 11) is 0. The van der Waals surface area contributed by atoms with Crippen molar-refractivity contribution in [2.75, 3.05) is 13.2 Å². The summed E-state index contributed by atoms with van der Waals surface area (Å²) in [4.78, 5) is 0. The Kier molecular flexibility index (Phi) is 2.67. The second-order valence-electron chi connectivity index (χ2n) is 2.79. The van der Waals surface area contributed by atoms with Crippen LogP contribution in [0.15, 0.2) is 0 Å². The maximum atomic E-state index is 9.45. The van der Waals surface area contributed by atoms with Gasteiger partial charge in [0.15, 0.2) is 6.29 Å². The van der Waals surface area contributed by atoms with E-state index in [0.717, 1.165) is 0 Å². The third-order valence-electron chi connectivity index (χ3n) is 2.06. The average molecular weight is 180 g/mol. The van der Waals surface area contributed by atoms with Crippen molar-refractivity contribution in [2.24, 2.45) is 0 Å². The molecule has 0 bridgehead atoms. The van der Waals surface area contributed by atoms with Crippen LogP contribution in [-0.2, 0) is 4.74 Å². The van der Waals surface area contributed by atoms with E-state index in [1.165, 1.54) is 0 Å². The van der Waals surface area contributed by atoms with Gasteiger partial charge in [0, 0.05) is 0 Å². The van der Waals surface area contributed by atoms with Crippen LogP contribution in [0, 0.1) is 0 Å². The van der Waals surface area contributed by atoms with Gasteiger partial charge in [0.2, 0.25) is 0 Å². The number of hydrogen-bond acceptors (Lipinski definition) is 6. The molecule has 5 N–H and O–H groups in total. The highest BCUT2D eigenvalue weighted by molar-refractivity contribution is 5.00. The van der Waals surface area contributed by atoms with E-state index in [1.807, 2.05) is 0 Å². The van der Waals surface area contributed by atoms with Gasteiger partial charge in [-0.1, -0.05) is 0 Å². The van der Waals surface area contributed by atoms with Gasteiger partial charge in [-0.3, -0.25) is 0 Å². The summed E-state index contributed by atoms with van der Waals surface area (Å²) in [5, 5.41) is 44.8. The molecule has 1 aliphatic rings. The van der Waals surface area contributed by atoms with Gasteiger partial charge in [0.25, 0.3) is 0 Å². The van der Waals surface area contributed by atoms with Gasteiger partial charge in [-0.2, -0.15) is 0 Å². The Morgan fingerprint density at radius 1 is 1.25 bits per heavy atom. The Morgan fingerprint density at radius 3 is 2.17 bits per heavy atom. The van der Waals surface area contributed by atoms with Crippen LogP contribution in [0.4, 0.5) is 0 Å². The van der Waals surface area contributed by atoms with Crippen LogP contribution < -0.4 is 0 Å². The molecule has 1 unspecified atom stereocenters. The molecular formula is C6H12O6. The fourth-order valence-corrected chi connectivity index (χ4v) is 1.19. The van der Waals surface area contributed by atoms with Crippen molar-refractivity contribution in [1.29, 1.82) is 0 Å². The first-order valence-corrected chi connectivity index (χ1v) is 3.52. The molecule has 1 heterocycles. The van der Waals surface area contributed by atoms with E-state index in [4.69, 9.17) is 20.4 Å². The van der Waals surface area contributed by atoms with E-state index in [1.54, 1.807) is 0 Å². The van der Waals surface area contributed by atoms with Crippen LogP contribution in [-0.4, -0.2) is 62.8 Å². The lowest BCUT2D eigenvalue weighted by molar-refractivity contribution is -0.132. The smallest absolute Gasteiger partial charge is 0.184 e. The first kappa shape index (κ1) is 9.85. The number of hydrogen-bond donors (Lipinski definition) is 5. The van der Waals surface area contributed by atoms with Crippen molar-refractivity contribution in [1.82, 2.24) is 0 Å². The Morgan fingerprint density at radius 2 is 1.83 bits per heavy atom. The molecule has 6 heteroatoms. The van der Waals surface area contributed by atoms with Gasteiger partial charge in [0.05, 0.1) is 13.2 Å². The molecule has 1 rings (SSSR count). The summed E-state index contributed by atoms with van der Waals surface area (Å²) in [5.41, 5.74) is -1.98. The fraction of sp³-hybridized carbons (Fsp3) is 1.00. The Labute approximate surface area is 68.6 Å². The largest absolute Gasteiger partial charge is 0.394 e. The monoisotopic (exact) mass is 180 g/mol. The second-order valence-corrected chi connectivity index (χ2v) is 2.79. The number of rotatable bonds is 2. The number of aliphatic hydroxyl groups excluding tert-OH is 4. The lowest BCUT2D eigenvalue weighted by atomic mass is 9.94. The van der Waals surface area contributed by atoms with E-state index >= 15 is 0 Å². The Balaban J connectivity index is 2.80. The minimum atomic E-state index is -1.98. The molecule has 1 fully saturated rings. The molecule has 1 aliphatic heterocycles. The molecule has 1 saturated heterocycles. The Hall–Kier alpha value is -0.240. The molecule has 0 radical (unpaired) electrons. The zero-order chi connectivity index (χ0) is 9.35. The quantitative estimate of drug-likeness (QED) is 0.306. The summed E-state index contributed by atoms with van der Waals surface area (Å²) < 4.78 is 4.57. The van der Waals surface area contributed by atoms with Crippen LogP contribution in [0.25, 0.3) is 0 Å². The standard InChI is InChI=1S/C6H12O6/c7-1-3-6(11,2-8)4(9)5(10)12-3/h3-5,7-11H,1-2H2/t3-,4-,5?,6+/m0/s1. The lowest BCUT2D eigenvalue weighted by Gasteiger charge is -2.26. The summed E-state index contributed by atoms with van der Waals surface area (Å²) in [6.45, 7) is -1.36. The summed E-state index contributed by atoms with van der Waals surface area (Å²) in [6.07, 6.45) is -4.33. The SMILES string of the molecule is OC[C@@H]1OC(O)[C@H](O)[C@@]1(O)CO. The van der Waals surface area contributed by atoms with Crippen molar-refractivity contribution < 1.29 is 30.3 Å². The number of aliphatic hydroxyl groups is 5. The molecule has 0 aromatic rings. The van der Waals surface area contributed by atoms with Gasteiger partial charge < -0.3 is 30.3 Å². The number of ether oxygens (including phenoxy) is 1. The molecule has 0 amide bonds. The molecular weight excluding hydrogens is 168 g/mol. The minimum Gasteiger partial charge on any atom is -0.394 e. The van der Waals surface area contributed by atoms with Gasteiger partial charge >= 0.3 is 0 Å². The zero-order valence-corrected chi connectivity index (χ0v) is 6.29. The van der Waals surface area contributed by atoms with Crippen molar-refractivity contribution in [2.45, 2.75) is 24.1 Å². The maximum Gasteiger partial charge on any atom is 0.184 e. The predicted octanol–water partition coefficient (Wildman–Crippen LogP) is -3.22. The molecule has 0 spiro atoms. The van der Waals surface area contributed by atoms with Crippen molar-refractivity contribution in [3.8, 4) is 0 Å². The molecule has 0 aromatic carbocycles. The highest BCUT2D eigenvalue weighted by Gasteiger charge is 2.54. The Bertz CT molecular complexity index is 162. The van der Waals surface area contributed by atoms with Crippen LogP contribution in [0.1, 0.15) is 0 Å². The lowest BCUT2D eigenvalue weighted by Crippen LogP contribution is -2.52. The maximum absolute atomic E-state index is 9.45. The van der Waals surface area contributed by atoms with E-state index < -0.39 is 37.3 Å². The highest BCUT2D eigenvalue weighted by Crippen LogP contribution is 2.29. The normalized spacial score (nSPS) is 48.2. The van der Waals surface area contributed by atoms with Crippen molar-refractivity contribution >= 4 is 0 Å². The van der Waals surface area contributed by atoms with Crippen molar-refractivity contribution in [3.05, 3.63) is 0 Å². The van der Waals surface area contributed by atoms with Crippen molar-refractivity contribution in [3.63, 3.8) is 0 Å². The third kappa shape index (κ3) is 1.22. The fourth-order valence-electron chi connectivity index (χ4n) is 1.19. The van der Waals surface area contributed by atoms with Gasteiger partial charge in [-0.25, -0.2) is 0 Å². The van der Waals surface area contributed by atoms with Gasteiger partial charge in [-0.05, 0) is 0 Å². The molecule has 0 aliphatic carbocycles. The molecule has 72 valence electrons. The van der Waals surface area contributed by atoms with E-state index in [-0.39, 0.29) is 0 Å². The minimum absolute atomic E-state index is 0.578. The molecule has 6 nitrogen and oxygen atoms in total. The van der Waals surface area contributed by atoms with Gasteiger partial charge in [0.1, 0.15) is 17.8 Å². The summed E-state index contributed by atoms with van der Waals surface area (Å²) >= 11 is 0. The van der Waals surface area contributed by atoms with Crippen LogP contribution >= 0.6 is 0 Å². The zero-order valence-electron chi connectivity index (χ0n) is 6.29. The average Bonchev–Trinajstić information content (AvgIpc) is 2.30. The first-order valence-electron chi connectivity index (χ1n) is 3.52. The van der Waals surface area contributed by atoms with E-state index in [9.17, 15) is 5.11 Å². The molecule has 4 atom stereocenters. The molecule has 0 aromatic heterocycles. The first-order chi connectivity index (χ1) is 5.56. The van der Waals surface area contributed by atoms with Crippen LogP contribution in [0.2, 0.25) is 0 Å². The predicted molar refractivity (Wildman–Crippen MR) is 36.0 cm³/mol. The van der Waals surface area contributed by atoms with Gasteiger partial charge in [-0.15, -0.1) is 0 Å². The summed E-state index contributed by atoms with van der Waals surface area (Å²) in [6, 6.07) is 0. The van der Waals surface area contributed by atoms with Crippen LogP contribution in [0.5, 0.6) is 0 Å². The summed E-state index contributed by atoms with van der Waals surface area (Å²) in [5.74, 6) is 0. The van der Waals surface area contributed by atoms with E-state index in [0.29, 0.717) is 0 Å². The topological polar surface area (TPSA) is 110 Å². The molecule has 0 saturated carbocycles. The third-order valence-corrected chi connectivity index (χ3v) is 2.06. The van der Waals surface area contributed by atoms with Crippen LogP contribution in [0.3, 0.4) is 0 Å². The second kappa shape index (κ2) is 3.25. The highest BCUT2D eigenvalue weighted by atomic mass is 16.7. The van der Waals surface area contributed by atoms with E-state index in [2.05, 4.69) is 4.74 Å². The molecule has 12 heavy (non-hydrogen) atoms.